The molecule has 2 aliphatic heterocycles. The Morgan fingerprint density at radius 2 is 1.61 bits per heavy atom. The molecule has 0 bridgehead atoms. The van der Waals surface area contributed by atoms with Gasteiger partial charge in [-0.1, -0.05) is 38.1 Å². The number of hydrogen-bond acceptors (Lipinski definition) is 6. The summed E-state index contributed by atoms with van der Waals surface area (Å²) in [4.78, 5) is 33.8. The van der Waals surface area contributed by atoms with Crippen molar-refractivity contribution in [3.05, 3.63) is 59.2 Å². The number of nitrogens with two attached hydrogens (primary N) is 1. The molecule has 2 amide bonds. The first-order chi connectivity index (χ1) is 17.3. The number of carbonyl (C=O) groups excluding carboxylic acids is 2. The molecule has 0 aliphatic carbocycles. The Kier molecular flexibility index (Phi) is 7.86. The molecule has 4 N–H and O–H groups in total. The highest BCUT2D eigenvalue weighted by Crippen LogP contribution is 2.32. The smallest absolute Gasteiger partial charge is 0.254 e. The van der Waals surface area contributed by atoms with E-state index in [-0.39, 0.29) is 24.9 Å². The summed E-state index contributed by atoms with van der Waals surface area (Å²) in [6, 6.07) is 13.0. The highest BCUT2D eigenvalue weighted by Gasteiger charge is 2.32. The zero-order valence-corrected chi connectivity index (χ0v) is 20.9. The number of aliphatic imine (C=N–C) groups is 1. The average Bonchev–Trinajstić information content (AvgIpc) is 3.11. The molecule has 2 aromatic carbocycles. The third-order valence-corrected chi connectivity index (χ3v) is 6.56. The normalized spacial score (nSPS) is 19.3. The number of benzene rings is 2. The predicted molar refractivity (Wildman–Crippen MR) is 141 cm³/mol. The number of aliphatic hydroxyl groups excluding tert-OH is 2. The minimum absolute atomic E-state index is 0.00655. The molecule has 1 fully saturated rings. The molecular formula is C28H34N4O4. The Bertz CT molecular complexity index is 1170. The van der Waals surface area contributed by atoms with Crippen molar-refractivity contribution in [3.63, 3.8) is 0 Å². The lowest BCUT2D eigenvalue weighted by molar-refractivity contribution is -0.127. The fraction of sp³-hybridized carbons (Fsp3) is 0.393. The fourth-order valence-electron chi connectivity index (χ4n) is 4.69. The van der Waals surface area contributed by atoms with Gasteiger partial charge in [0.15, 0.2) is 0 Å². The summed E-state index contributed by atoms with van der Waals surface area (Å²) in [6.45, 7) is 5.80. The van der Waals surface area contributed by atoms with Crippen molar-refractivity contribution in [2.45, 2.75) is 45.3 Å². The van der Waals surface area contributed by atoms with Crippen molar-refractivity contribution in [2.75, 3.05) is 26.2 Å². The number of amidine groups is 1. The number of nitrogens with zero attached hydrogens (tertiary/aromatic N) is 3. The monoisotopic (exact) mass is 490 g/mol. The SMILES string of the molecule is CCCN(CCC)C(=O)C1=Cc2ccc(-c3ccc(C(=O)N4CC(O)[C@@H](O)C4)cc3)cc2N=C(N)C1. The molecule has 1 unspecified atom stereocenters. The number of aliphatic hydroxyl groups is 2. The Hall–Kier alpha value is -3.49. The van der Waals surface area contributed by atoms with Crippen LogP contribution >= 0.6 is 0 Å². The molecule has 2 aromatic rings. The van der Waals surface area contributed by atoms with E-state index in [0.29, 0.717) is 42.2 Å². The largest absolute Gasteiger partial charge is 0.388 e. The van der Waals surface area contributed by atoms with Crippen LogP contribution in [0.5, 0.6) is 0 Å². The molecule has 0 radical (unpaired) electrons. The number of likely N-dealkylation sites (tertiary alicyclic amines) is 1. The average molecular weight is 491 g/mol. The number of amides is 2. The van der Waals surface area contributed by atoms with E-state index in [1.165, 1.54) is 4.90 Å². The Labute approximate surface area is 211 Å². The first kappa shape index (κ1) is 25.6. The summed E-state index contributed by atoms with van der Waals surface area (Å²) in [5.41, 5.74) is 10.7. The second-order valence-corrected chi connectivity index (χ2v) is 9.44. The van der Waals surface area contributed by atoms with Crippen molar-refractivity contribution >= 4 is 29.4 Å². The number of rotatable bonds is 7. The molecule has 0 saturated carbocycles. The van der Waals surface area contributed by atoms with E-state index in [1.807, 2.05) is 41.3 Å². The van der Waals surface area contributed by atoms with Crippen LogP contribution < -0.4 is 5.73 Å². The van der Waals surface area contributed by atoms with Gasteiger partial charge in [0.2, 0.25) is 5.91 Å². The van der Waals surface area contributed by atoms with Gasteiger partial charge in [-0.05, 0) is 48.2 Å². The van der Waals surface area contributed by atoms with Crippen molar-refractivity contribution in [2.24, 2.45) is 10.7 Å². The molecule has 2 atom stereocenters. The zero-order valence-electron chi connectivity index (χ0n) is 20.9. The van der Waals surface area contributed by atoms with Gasteiger partial charge in [-0.25, -0.2) is 4.99 Å². The van der Waals surface area contributed by atoms with Crippen LogP contribution in [0.15, 0.2) is 53.0 Å². The minimum Gasteiger partial charge on any atom is -0.388 e. The van der Waals surface area contributed by atoms with Gasteiger partial charge in [-0.2, -0.15) is 0 Å². The van der Waals surface area contributed by atoms with Crippen molar-refractivity contribution < 1.29 is 19.8 Å². The van der Waals surface area contributed by atoms with Crippen LogP contribution in [0.25, 0.3) is 17.2 Å². The Morgan fingerprint density at radius 1 is 1.00 bits per heavy atom. The van der Waals surface area contributed by atoms with E-state index < -0.39 is 12.2 Å². The van der Waals surface area contributed by atoms with E-state index in [9.17, 15) is 19.8 Å². The highest BCUT2D eigenvalue weighted by molar-refractivity contribution is 6.05. The molecule has 0 aromatic heterocycles. The van der Waals surface area contributed by atoms with Gasteiger partial charge in [0.05, 0.1) is 17.9 Å². The van der Waals surface area contributed by atoms with Crippen molar-refractivity contribution in [1.82, 2.24) is 9.80 Å². The quantitative estimate of drug-likeness (QED) is 0.551. The van der Waals surface area contributed by atoms with Crippen LogP contribution in [-0.2, 0) is 4.79 Å². The lowest BCUT2D eigenvalue weighted by Crippen LogP contribution is -2.34. The lowest BCUT2D eigenvalue weighted by atomic mass is 9.99. The molecule has 190 valence electrons. The fourth-order valence-corrected chi connectivity index (χ4v) is 4.69. The first-order valence-corrected chi connectivity index (χ1v) is 12.5. The maximum Gasteiger partial charge on any atom is 0.254 e. The maximum absolute atomic E-state index is 13.2. The van der Waals surface area contributed by atoms with Crippen LogP contribution in [0, 0.1) is 0 Å². The van der Waals surface area contributed by atoms with E-state index in [1.54, 1.807) is 12.1 Å². The summed E-state index contributed by atoms with van der Waals surface area (Å²) >= 11 is 0. The number of hydrogen-bond donors (Lipinski definition) is 3. The summed E-state index contributed by atoms with van der Waals surface area (Å²) in [7, 11) is 0. The van der Waals surface area contributed by atoms with Crippen LogP contribution in [0.4, 0.5) is 5.69 Å². The Morgan fingerprint density at radius 3 is 2.22 bits per heavy atom. The molecule has 2 heterocycles. The summed E-state index contributed by atoms with van der Waals surface area (Å²) < 4.78 is 0. The number of fused-ring (bicyclic) bond motifs is 1. The lowest BCUT2D eigenvalue weighted by Gasteiger charge is -2.22. The van der Waals surface area contributed by atoms with Gasteiger partial charge < -0.3 is 25.7 Å². The molecular weight excluding hydrogens is 456 g/mol. The van der Waals surface area contributed by atoms with Gasteiger partial charge in [0.25, 0.3) is 5.91 Å². The topological polar surface area (TPSA) is 119 Å². The molecule has 2 aliphatic rings. The molecule has 1 saturated heterocycles. The molecule has 4 rings (SSSR count). The second-order valence-electron chi connectivity index (χ2n) is 9.44. The van der Waals surface area contributed by atoms with Crippen LogP contribution in [0.1, 0.15) is 49.0 Å². The van der Waals surface area contributed by atoms with Gasteiger partial charge in [-0.3, -0.25) is 9.59 Å². The van der Waals surface area contributed by atoms with E-state index in [0.717, 1.165) is 29.5 Å². The third-order valence-electron chi connectivity index (χ3n) is 6.56. The first-order valence-electron chi connectivity index (χ1n) is 12.5. The van der Waals surface area contributed by atoms with E-state index in [4.69, 9.17) is 5.73 Å². The predicted octanol–water partition coefficient (Wildman–Crippen LogP) is 2.96. The minimum atomic E-state index is -0.910. The van der Waals surface area contributed by atoms with Gasteiger partial charge >= 0.3 is 0 Å². The number of carbonyl (C=O) groups is 2. The molecule has 8 nitrogen and oxygen atoms in total. The Balaban J connectivity index is 1.56. The van der Waals surface area contributed by atoms with Gasteiger partial charge in [0.1, 0.15) is 5.84 Å². The van der Waals surface area contributed by atoms with Crippen LogP contribution in [0.2, 0.25) is 0 Å². The molecule has 36 heavy (non-hydrogen) atoms. The summed E-state index contributed by atoms with van der Waals surface area (Å²) in [5.74, 6) is 0.181. The maximum atomic E-state index is 13.2. The second kappa shape index (κ2) is 11.1. The van der Waals surface area contributed by atoms with Crippen molar-refractivity contribution in [3.8, 4) is 11.1 Å². The van der Waals surface area contributed by atoms with Crippen molar-refractivity contribution in [1.29, 1.82) is 0 Å². The van der Waals surface area contributed by atoms with Gasteiger partial charge in [0, 0.05) is 49.3 Å². The number of β-amino-alcohol motifs (C(OH)–C–C–N with tert-alkyl or cyclic N) is 2. The summed E-state index contributed by atoms with van der Waals surface area (Å²) in [5, 5.41) is 19.5. The third kappa shape index (κ3) is 5.50. The van der Waals surface area contributed by atoms with Crippen LogP contribution in [0.3, 0.4) is 0 Å². The van der Waals surface area contributed by atoms with Crippen LogP contribution in [-0.4, -0.2) is 76.0 Å². The van der Waals surface area contributed by atoms with E-state index in [2.05, 4.69) is 18.8 Å². The van der Waals surface area contributed by atoms with Gasteiger partial charge in [-0.15, -0.1) is 0 Å². The highest BCUT2D eigenvalue weighted by atomic mass is 16.3. The summed E-state index contributed by atoms with van der Waals surface area (Å²) in [6.07, 6.45) is 2.18. The van der Waals surface area contributed by atoms with E-state index >= 15 is 0 Å². The molecule has 8 heteroatoms. The standard InChI is InChI=1S/C28H34N4O4/c1-3-11-31(12-4-2)28(36)22-13-21-10-9-20(14-23(21)30-26(29)15-22)18-5-7-19(8-6-18)27(35)32-16-24(33)25(34)17-32/h5-10,13-14,24-25,33-34H,3-4,11-12,15-17H2,1-2H3,(H2,29,30)/t24-,25?/m0/s1. The zero-order chi connectivity index (χ0) is 25.8. The molecule has 0 spiro atoms.